The highest BCUT2D eigenvalue weighted by atomic mass is 35.5. The maximum absolute atomic E-state index is 12.4. The average molecular weight is 406 g/mol. The first-order valence-electron chi connectivity index (χ1n) is 7.96. The molecule has 0 saturated heterocycles. The van der Waals surface area contributed by atoms with Gasteiger partial charge in [0.1, 0.15) is 11.8 Å². The number of ether oxygens (including phenoxy) is 1. The maximum Gasteiger partial charge on any atom is 0.262 e. The third-order valence-corrected chi connectivity index (χ3v) is 5.05. The molecule has 3 rings (SSSR count). The van der Waals surface area contributed by atoms with Crippen molar-refractivity contribution in [2.75, 3.05) is 13.7 Å². The molecule has 27 heavy (non-hydrogen) atoms. The van der Waals surface area contributed by atoms with Gasteiger partial charge in [-0.2, -0.15) is 0 Å². The Morgan fingerprint density at radius 2 is 2.04 bits per heavy atom. The van der Waals surface area contributed by atoms with Gasteiger partial charge in [-0.25, -0.2) is 0 Å². The van der Waals surface area contributed by atoms with Crippen LogP contribution >= 0.6 is 22.9 Å². The number of amides is 2. The van der Waals surface area contributed by atoms with Crippen LogP contribution in [-0.4, -0.2) is 41.6 Å². The van der Waals surface area contributed by atoms with Gasteiger partial charge in [-0.05, 0) is 30.3 Å². The SMILES string of the molecule is CNC(=O)[C@@H](CO)NC(=O)c1cc2c(Oc3ccc(Cl)cc3)cncc2s1. The molecule has 0 aliphatic heterocycles. The predicted octanol–water partition coefficient (Wildman–Crippen LogP) is 2.58. The van der Waals surface area contributed by atoms with Crippen LogP contribution in [0.2, 0.25) is 5.02 Å². The Kier molecular flexibility index (Phi) is 5.90. The van der Waals surface area contributed by atoms with Gasteiger partial charge in [0, 0.05) is 23.7 Å². The Bertz CT molecular complexity index is 974. The van der Waals surface area contributed by atoms with E-state index in [2.05, 4.69) is 15.6 Å². The summed E-state index contributed by atoms with van der Waals surface area (Å²) in [5, 5.41) is 15.5. The molecule has 1 atom stereocenters. The number of hydrogen-bond donors (Lipinski definition) is 3. The lowest BCUT2D eigenvalue weighted by Gasteiger charge is -2.13. The van der Waals surface area contributed by atoms with Gasteiger partial charge in [-0.15, -0.1) is 11.3 Å². The number of likely N-dealkylation sites (N-methyl/N-ethyl adjacent to an activating group) is 1. The Labute approximate surface area is 163 Å². The standard InChI is InChI=1S/C18H16ClN3O4S/c1-20-17(24)13(9-23)22-18(25)15-6-12-14(7-21-8-16(12)27-15)26-11-4-2-10(19)3-5-11/h2-8,13,23H,9H2,1H3,(H,20,24)(H,22,25)/t13-/m1/s1. The summed E-state index contributed by atoms with van der Waals surface area (Å²) >= 11 is 7.09. The van der Waals surface area contributed by atoms with Crippen molar-refractivity contribution < 1.29 is 19.4 Å². The summed E-state index contributed by atoms with van der Waals surface area (Å²) in [5.74, 6) is 0.151. The van der Waals surface area contributed by atoms with Gasteiger partial charge in [0.25, 0.3) is 5.91 Å². The summed E-state index contributed by atoms with van der Waals surface area (Å²) < 4.78 is 6.60. The lowest BCUT2D eigenvalue weighted by atomic mass is 10.2. The molecule has 2 heterocycles. The number of carbonyl (C=O) groups is 2. The van der Waals surface area contributed by atoms with Crippen molar-refractivity contribution in [1.82, 2.24) is 15.6 Å². The monoisotopic (exact) mass is 405 g/mol. The topological polar surface area (TPSA) is 101 Å². The van der Waals surface area contributed by atoms with Gasteiger partial charge in [-0.1, -0.05) is 11.6 Å². The van der Waals surface area contributed by atoms with E-state index in [1.807, 2.05) is 0 Å². The number of thiophene rings is 1. The van der Waals surface area contributed by atoms with E-state index in [9.17, 15) is 14.7 Å². The number of aliphatic hydroxyl groups excluding tert-OH is 1. The van der Waals surface area contributed by atoms with Crippen molar-refractivity contribution in [3.05, 3.63) is 52.6 Å². The van der Waals surface area contributed by atoms with Crippen molar-refractivity contribution in [3.8, 4) is 11.5 Å². The van der Waals surface area contributed by atoms with Crippen LogP contribution in [0.4, 0.5) is 0 Å². The first-order chi connectivity index (χ1) is 13.0. The van der Waals surface area contributed by atoms with E-state index < -0.39 is 24.5 Å². The van der Waals surface area contributed by atoms with Gasteiger partial charge < -0.3 is 20.5 Å². The molecule has 0 saturated carbocycles. The summed E-state index contributed by atoms with van der Waals surface area (Å²) in [7, 11) is 1.43. The summed E-state index contributed by atoms with van der Waals surface area (Å²) in [6.45, 7) is -0.497. The van der Waals surface area contributed by atoms with Crippen molar-refractivity contribution >= 4 is 44.8 Å². The molecule has 7 nitrogen and oxygen atoms in total. The fourth-order valence-electron chi connectivity index (χ4n) is 2.36. The van der Waals surface area contributed by atoms with Gasteiger partial charge in [0.15, 0.2) is 5.75 Å². The van der Waals surface area contributed by atoms with E-state index in [0.717, 1.165) is 10.1 Å². The van der Waals surface area contributed by atoms with E-state index >= 15 is 0 Å². The zero-order chi connectivity index (χ0) is 19.4. The van der Waals surface area contributed by atoms with Crippen LogP contribution in [0.3, 0.4) is 0 Å². The molecule has 2 aromatic heterocycles. The number of aromatic nitrogens is 1. The van der Waals surface area contributed by atoms with Crippen LogP contribution in [-0.2, 0) is 4.79 Å². The summed E-state index contributed by atoms with van der Waals surface area (Å²) in [5.41, 5.74) is 0. The second-order valence-corrected chi connectivity index (χ2v) is 7.06. The van der Waals surface area contributed by atoms with Crippen molar-refractivity contribution in [1.29, 1.82) is 0 Å². The zero-order valence-electron chi connectivity index (χ0n) is 14.2. The molecule has 0 bridgehead atoms. The van der Waals surface area contributed by atoms with Crippen LogP contribution in [0.1, 0.15) is 9.67 Å². The number of hydrogen-bond acceptors (Lipinski definition) is 6. The second kappa shape index (κ2) is 8.34. The second-order valence-electron chi connectivity index (χ2n) is 5.54. The number of pyridine rings is 1. The molecule has 0 unspecified atom stereocenters. The van der Waals surface area contributed by atoms with Gasteiger partial charge >= 0.3 is 0 Å². The van der Waals surface area contributed by atoms with Crippen LogP contribution in [0.25, 0.3) is 10.1 Å². The van der Waals surface area contributed by atoms with Crippen LogP contribution in [0.5, 0.6) is 11.5 Å². The Balaban J connectivity index is 1.85. The van der Waals surface area contributed by atoms with Gasteiger partial charge in [0.05, 0.1) is 22.4 Å². The minimum Gasteiger partial charge on any atom is -0.455 e. The molecule has 0 radical (unpaired) electrons. The largest absolute Gasteiger partial charge is 0.455 e. The van der Waals surface area contributed by atoms with E-state index in [1.165, 1.54) is 18.4 Å². The highest BCUT2D eigenvalue weighted by Gasteiger charge is 2.21. The molecule has 0 aliphatic carbocycles. The fraction of sp³-hybridized carbons (Fsp3) is 0.167. The lowest BCUT2D eigenvalue weighted by Crippen LogP contribution is -2.47. The molecule has 2 amide bonds. The molecule has 140 valence electrons. The van der Waals surface area contributed by atoms with Crippen LogP contribution in [0.15, 0.2) is 42.7 Å². The highest BCUT2D eigenvalue weighted by Crippen LogP contribution is 2.34. The van der Waals surface area contributed by atoms with Crippen molar-refractivity contribution in [3.63, 3.8) is 0 Å². The molecule has 9 heteroatoms. The molecular formula is C18H16ClN3O4S. The number of halogens is 1. The number of aliphatic hydroxyl groups is 1. The smallest absolute Gasteiger partial charge is 0.262 e. The highest BCUT2D eigenvalue weighted by molar-refractivity contribution is 7.20. The molecule has 0 spiro atoms. The minimum atomic E-state index is -1.02. The number of benzene rings is 1. The molecular weight excluding hydrogens is 390 g/mol. The van der Waals surface area contributed by atoms with Crippen LogP contribution < -0.4 is 15.4 Å². The quantitative estimate of drug-likeness (QED) is 0.585. The Morgan fingerprint density at radius 1 is 1.30 bits per heavy atom. The van der Waals surface area contributed by atoms with Gasteiger partial charge in [-0.3, -0.25) is 14.6 Å². The summed E-state index contributed by atoms with van der Waals surface area (Å²) in [6.07, 6.45) is 3.19. The van der Waals surface area contributed by atoms with E-state index in [1.54, 1.807) is 42.7 Å². The molecule has 3 aromatic rings. The Hall–Kier alpha value is -2.68. The maximum atomic E-state index is 12.4. The molecule has 0 fully saturated rings. The zero-order valence-corrected chi connectivity index (χ0v) is 15.8. The summed E-state index contributed by atoms with van der Waals surface area (Å²) in [4.78, 5) is 28.6. The lowest BCUT2D eigenvalue weighted by molar-refractivity contribution is -0.123. The van der Waals surface area contributed by atoms with Crippen molar-refractivity contribution in [2.45, 2.75) is 6.04 Å². The minimum absolute atomic E-state index is 0.376. The van der Waals surface area contributed by atoms with Gasteiger partial charge in [0.2, 0.25) is 5.91 Å². The third-order valence-electron chi connectivity index (χ3n) is 3.73. The molecule has 0 aliphatic rings. The Morgan fingerprint density at radius 3 is 2.70 bits per heavy atom. The molecule has 3 N–H and O–H groups in total. The number of nitrogens with one attached hydrogen (secondary N) is 2. The fourth-order valence-corrected chi connectivity index (χ4v) is 3.43. The third kappa shape index (κ3) is 4.36. The first-order valence-corrected chi connectivity index (χ1v) is 9.15. The first kappa shape index (κ1) is 19.1. The number of fused-ring (bicyclic) bond motifs is 1. The van der Waals surface area contributed by atoms with Crippen molar-refractivity contribution in [2.24, 2.45) is 0 Å². The number of nitrogens with zero attached hydrogens (tertiary/aromatic N) is 1. The summed E-state index contributed by atoms with van der Waals surface area (Å²) in [6, 6.07) is 7.54. The predicted molar refractivity (Wildman–Crippen MR) is 104 cm³/mol. The molecule has 1 aromatic carbocycles. The van der Waals surface area contributed by atoms with E-state index in [0.29, 0.717) is 21.4 Å². The normalized spacial score (nSPS) is 11.8. The van der Waals surface area contributed by atoms with E-state index in [4.69, 9.17) is 16.3 Å². The van der Waals surface area contributed by atoms with E-state index in [-0.39, 0.29) is 0 Å². The van der Waals surface area contributed by atoms with Crippen LogP contribution in [0, 0.1) is 0 Å². The number of carbonyl (C=O) groups excluding carboxylic acids is 2. The average Bonchev–Trinajstić information content (AvgIpc) is 3.12. The number of rotatable bonds is 6.